The van der Waals surface area contributed by atoms with Crippen molar-refractivity contribution in [2.24, 2.45) is 0 Å². The highest BCUT2D eigenvalue weighted by Gasteiger charge is 2.08. The molecule has 0 radical (unpaired) electrons. The van der Waals surface area contributed by atoms with Crippen molar-refractivity contribution in [1.29, 1.82) is 5.26 Å². The molecule has 1 atom stereocenters. The van der Waals surface area contributed by atoms with Gasteiger partial charge in [-0.05, 0) is 61.6 Å². The van der Waals surface area contributed by atoms with Crippen LogP contribution in [0.15, 0.2) is 53.0 Å². The Morgan fingerprint density at radius 2 is 1.67 bits per heavy atom. The minimum atomic E-state index is 0.0719. The number of carbonyl (C=O) groups is 1. The summed E-state index contributed by atoms with van der Waals surface area (Å²) in [7, 11) is 0. The summed E-state index contributed by atoms with van der Waals surface area (Å²) >= 11 is 3.43. The van der Waals surface area contributed by atoms with Gasteiger partial charge < -0.3 is 5.32 Å². The SMILES string of the molecule is CC(CCc1ccc(Br)cc1)NC(=O)CCc1ccc(C#N)cc1. The van der Waals surface area contributed by atoms with Crippen LogP contribution in [0.2, 0.25) is 0 Å². The van der Waals surface area contributed by atoms with Gasteiger partial charge in [0, 0.05) is 16.9 Å². The average molecular weight is 385 g/mol. The molecule has 0 aliphatic heterocycles. The zero-order chi connectivity index (χ0) is 17.4. The predicted octanol–water partition coefficient (Wildman–Crippen LogP) is 4.39. The van der Waals surface area contributed by atoms with Crippen molar-refractivity contribution in [3.05, 3.63) is 69.7 Å². The van der Waals surface area contributed by atoms with Crippen LogP contribution >= 0.6 is 15.9 Å². The van der Waals surface area contributed by atoms with E-state index in [1.54, 1.807) is 12.1 Å². The van der Waals surface area contributed by atoms with E-state index in [9.17, 15) is 4.79 Å². The molecule has 3 nitrogen and oxygen atoms in total. The molecule has 1 amide bonds. The zero-order valence-electron chi connectivity index (χ0n) is 13.8. The maximum absolute atomic E-state index is 12.0. The molecule has 0 aromatic heterocycles. The third kappa shape index (κ3) is 6.17. The van der Waals surface area contributed by atoms with E-state index in [1.807, 2.05) is 31.2 Å². The molecular formula is C20H21BrN2O. The van der Waals surface area contributed by atoms with Crippen molar-refractivity contribution in [2.75, 3.05) is 0 Å². The third-order valence-electron chi connectivity index (χ3n) is 3.91. The number of nitriles is 1. The van der Waals surface area contributed by atoms with Gasteiger partial charge in [-0.2, -0.15) is 5.26 Å². The number of hydrogen-bond donors (Lipinski definition) is 1. The Labute approximate surface area is 151 Å². The van der Waals surface area contributed by atoms with Gasteiger partial charge in [-0.3, -0.25) is 4.79 Å². The summed E-state index contributed by atoms with van der Waals surface area (Å²) in [4.78, 5) is 12.0. The van der Waals surface area contributed by atoms with Gasteiger partial charge in [0.2, 0.25) is 5.91 Å². The van der Waals surface area contributed by atoms with Crippen LogP contribution in [0.1, 0.15) is 36.5 Å². The van der Waals surface area contributed by atoms with E-state index in [1.165, 1.54) is 5.56 Å². The lowest BCUT2D eigenvalue weighted by Crippen LogP contribution is -2.33. The molecule has 0 saturated heterocycles. The van der Waals surface area contributed by atoms with Crippen molar-refractivity contribution in [1.82, 2.24) is 5.32 Å². The number of amides is 1. The number of benzene rings is 2. The summed E-state index contributed by atoms with van der Waals surface area (Å²) in [5.41, 5.74) is 2.99. The Bertz CT molecular complexity index is 702. The Morgan fingerprint density at radius 3 is 2.29 bits per heavy atom. The Hall–Kier alpha value is -2.12. The fraction of sp³-hybridized carbons (Fsp3) is 0.300. The molecule has 2 rings (SSSR count). The maximum atomic E-state index is 12.0. The number of halogens is 1. The number of carbonyl (C=O) groups excluding carboxylic acids is 1. The van der Waals surface area contributed by atoms with Crippen molar-refractivity contribution >= 4 is 21.8 Å². The summed E-state index contributed by atoms with van der Waals surface area (Å²) in [6, 6.07) is 17.9. The molecular weight excluding hydrogens is 364 g/mol. The first kappa shape index (κ1) is 18.2. The van der Waals surface area contributed by atoms with E-state index < -0.39 is 0 Å². The van der Waals surface area contributed by atoms with E-state index in [0.717, 1.165) is 22.9 Å². The van der Waals surface area contributed by atoms with Crippen LogP contribution in [0.5, 0.6) is 0 Å². The molecule has 0 bridgehead atoms. The van der Waals surface area contributed by atoms with Gasteiger partial charge >= 0.3 is 0 Å². The quantitative estimate of drug-likeness (QED) is 0.769. The van der Waals surface area contributed by atoms with Gasteiger partial charge in [0.15, 0.2) is 0 Å². The first-order chi connectivity index (χ1) is 11.6. The van der Waals surface area contributed by atoms with Crippen molar-refractivity contribution in [3.8, 4) is 6.07 Å². The second-order valence-electron chi connectivity index (χ2n) is 5.94. The van der Waals surface area contributed by atoms with E-state index in [2.05, 4.69) is 39.4 Å². The fourth-order valence-electron chi connectivity index (χ4n) is 2.46. The van der Waals surface area contributed by atoms with Gasteiger partial charge in [0.25, 0.3) is 0 Å². The average Bonchev–Trinajstić information content (AvgIpc) is 2.60. The Balaban J connectivity index is 1.70. The van der Waals surface area contributed by atoms with Gasteiger partial charge in [-0.15, -0.1) is 0 Å². The summed E-state index contributed by atoms with van der Waals surface area (Å²) in [5.74, 6) is 0.0719. The molecule has 0 fully saturated rings. The third-order valence-corrected chi connectivity index (χ3v) is 4.44. The zero-order valence-corrected chi connectivity index (χ0v) is 15.3. The topological polar surface area (TPSA) is 52.9 Å². The first-order valence-corrected chi connectivity index (χ1v) is 8.89. The van der Waals surface area contributed by atoms with Crippen LogP contribution in [0, 0.1) is 11.3 Å². The molecule has 4 heteroatoms. The summed E-state index contributed by atoms with van der Waals surface area (Å²) in [6.45, 7) is 2.04. The van der Waals surface area contributed by atoms with Crippen molar-refractivity contribution < 1.29 is 4.79 Å². The first-order valence-electron chi connectivity index (χ1n) is 8.09. The van der Waals surface area contributed by atoms with Gasteiger partial charge in [0.05, 0.1) is 11.6 Å². The monoisotopic (exact) mass is 384 g/mol. The van der Waals surface area contributed by atoms with Crippen LogP contribution < -0.4 is 5.32 Å². The Morgan fingerprint density at radius 1 is 1.08 bits per heavy atom. The van der Waals surface area contributed by atoms with Crippen LogP contribution in [-0.2, 0) is 17.6 Å². The van der Waals surface area contributed by atoms with Crippen LogP contribution in [0.3, 0.4) is 0 Å². The lowest BCUT2D eigenvalue weighted by atomic mass is 10.1. The van der Waals surface area contributed by atoms with Crippen molar-refractivity contribution in [2.45, 2.75) is 38.6 Å². The molecule has 0 spiro atoms. The molecule has 0 aliphatic carbocycles. The highest BCUT2D eigenvalue weighted by Crippen LogP contribution is 2.12. The van der Waals surface area contributed by atoms with Crippen LogP contribution in [0.25, 0.3) is 0 Å². The van der Waals surface area contributed by atoms with Crippen molar-refractivity contribution in [3.63, 3.8) is 0 Å². The number of nitrogens with one attached hydrogen (secondary N) is 1. The molecule has 124 valence electrons. The highest BCUT2D eigenvalue weighted by atomic mass is 79.9. The molecule has 24 heavy (non-hydrogen) atoms. The van der Waals surface area contributed by atoms with Gasteiger partial charge in [-0.25, -0.2) is 0 Å². The number of nitrogens with zero attached hydrogens (tertiary/aromatic N) is 1. The molecule has 1 unspecified atom stereocenters. The van der Waals surface area contributed by atoms with Crippen LogP contribution in [0.4, 0.5) is 0 Å². The molecule has 0 aliphatic rings. The largest absolute Gasteiger partial charge is 0.354 e. The van der Waals surface area contributed by atoms with Crippen LogP contribution in [-0.4, -0.2) is 11.9 Å². The van der Waals surface area contributed by atoms with E-state index >= 15 is 0 Å². The fourth-order valence-corrected chi connectivity index (χ4v) is 2.72. The summed E-state index contributed by atoms with van der Waals surface area (Å²) < 4.78 is 1.08. The number of hydrogen-bond acceptors (Lipinski definition) is 2. The van der Waals surface area contributed by atoms with Gasteiger partial charge in [-0.1, -0.05) is 40.2 Å². The lowest BCUT2D eigenvalue weighted by Gasteiger charge is -2.14. The summed E-state index contributed by atoms with van der Waals surface area (Å²) in [5, 5.41) is 11.8. The lowest BCUT2D eigenvalue weighted by molar-refractivity contribution is -0.121. The number of rotatable bonds is 7. The second-order valence-corrected chi connectivity index (χ2v) is 6.86. The molecule has 2 aromatic rings. The summed E-state index contributed by atoms with van der Waals surface area (Å²) in [6.07, 6.45) is 3.03. The normalized spacial score (nSPS) is 11.5. The minimum absolute atomic E-state index is 0.0719. The van der Waals surface area contributed by atoms with E-state index in [-0.39, 0.29) is 11.9 Å². The maximum Gasteiger partial charge on any atom is 0.220 e. The van der Waals surface area contributed by atoms with E-state index in [4.69, 9.17) is 5.26 Å². The Kier molecular flexibility index (Phi) is 7.02. The second kappa shape index (κ2) is 9.24. The number of aryl methyl sites for hydroxylation is 2. The molecule has 0 heterocycles. The van der Waals surface area contributed by atoms with Gasteiger partial charge in [0.1, 0.15) is 0 Å². The highest BCUT2D eigenvalue weighted by molar-refractivity contribution is 9.10. The smallest absolute Gasteiger partial charge is 0.220 e. The standard InChI is InChI=1S/C20H21BrN2O/c1-15(2-3-16-8-11-19(21)12-9-16)23-20(24)13-10-17-4-6-18(14-22)7-5-17/h4-9,11-12,15H,2-3,10,13H2,1H3,(H,23,24). The molecule has 0 saturated carbocycles. The predicted molar refractivity (Wildman–Crippen MR) is 99.5 cm³/mol. The molecule has 1 N–H and O–H groups in total. The molecule has 2 aromatic carbocycles. The minimum Gasteiger partial charge on any atom is -0.354 e. The van der Waals surface area contributed by atoms with E-state index in [0.29, 0.717) is 18.4 Å².